The minimum Gasteiger partial charge on any atom is -0.496 e. The molecule has 0 atom stereocenters. The first-order valence-corrected chi connectivity index (χ1v) is 7.39. The van der Waals surface area contributed by atoms with Crippen LogP contribution < -0.4 is 19.9 Å². The van der Waals surface area contributed by atoms with Crippen LogP contribution in [0, 0.1) is 5.92 Å². The van der Waals surface area contributed by atoms with E-state index in [0.29, 0.717) is 11.5 Å². The summed E-state index contributed by atoms with van der Waals surface area (Å²) in [6, 6.07) is 3.78. The highest BCUT2D eigenvalue weighted by atomic mass is 16.5. The number of carbonyl (C=O) groups is 1. The van der Waals surface area contributed by atoms with E-state index in [4.69, 9.17) is 19.9 Å². The quantitative estimate of drug-likeness (QED) is 0.860. The fourth-order valence-electron chi connectivity index (χ4n) is 2.83. The average Bonchev–Trinajstić information content (AvgIpc) is 2.54. The molecule has 1 aliphatic heterocycles. The van der Waals surface area contributed by atoms with Crippen LogP contribution in [0.25, 0.3) is 0 Å². The van der Waals surface area contributed by atoms with Gasteiger partial charge in [0.15, 0.2) is 11.5 Å². The highest BCUT2D eigenvalue weighted by molar-refractivity contribution is 5.76. The molecule has 0 bridgehead atoms. The van der Waals surface area contributed by atoms with Gasteiger partial charge in [-0.2, -0.15) is 0 Å². The van der Waals surface area contributed by atoms with E-state index < -0.39 is 0 Å². The molecule has 2 rings (SSSR count). The number of hydrogen-bond donors (Lipinski definition) is 1. The maximum atomic E-state index is 11.2. The van der Waals surface area contributed by atoms with Crippen molar-refractivity contribution in [2.24, 2.45) is 11.7 Å². The summed E-state index contributed by atoms with van der Waals surface area (Å²) >= 11 is 0. The maximum absolute atomic E-state index is 11.2. The van der Waals surface area contributed by atoms with Gasteiger partial charge in [0, 0.05) is 24.1 Å². The van der Waals surface area contributed by atoms with Crippen LogP contribution in [0.5, 0.6) is 17.2 Å². The minimum absolute atomic E-state index is 0.00329. The summed E-state index contributed by atoms with van der Waals surface area (Å²) in [6.07, 6.45) is 1.62. The van der Waals surface area contributed by atoms with Crippen molar-refractivity contribution in [1.82, 2.24) is 4.90 Å². The fraction of sp³-hybridized carbons (Fsp3) is 0.562. The lowest BCUT2D eigenvalue weighted by atomic mass is 9.96. The molecular weight excluding hydrogens is 284 g/mol. The molecule has 1 aliphatic rings. The molecule has 0 aromatic heterocycles. The number of nitrogens with two attached hydrogens (primary N) is 1. The van der Waals surface area contributed by atoms with Gasteiger partial charge in [0.1, 0.15) is 5.75 Å². The second kappa shape index (κ2) is 7.35. The molecule has 1 heterocycles. The molecule has 6 nitrogen and oxygen atoms in total. The van der Waals surface area contributed by atoms with Gasteiger partial charge in [-0.25, -0.2) is 0 Å². The van der Waals surface area contributed by atoms with E-state index in [9.17, 15) is 4.79 Å². The Morgan fingerprint density at radius 1 is 1.09 bits per heavy atom. The zero-order valence-electron chi connectivity index (χ0n) is 13.4. The zero-order valence-corrected chi connectivity index (χ0v) is 13.4. The Morgan fingerprint density at radius 3 is 2.14 bits per heavy atom. The van der Waals surface area contributed by atoms with Crippen LogP contribution in [-0.4, -0.2) is 45.2 Å². The Balaban J connectivity index is 2.11. The lowest BCUT2D eigenvalue weighted by Gasteiger charge is -2.31. The van der Waals surface area contributed by atoms with Crippen molar-refractivity contribution >= 4 is 5.91 Å². The normalized spacial score (nSPS) is 16.3. The standard InChI is InChI=1S/C16H24N2O4/c1-20-13-9-15(22-3)14(21-2)8-12(13)10-18-6-4-11(5-7-18)16(17)19/h8-9,11H,4-7,10H2,1-3H3,(H2,17,19). The molecule has 1 aromatic carbocycles. The number of benzene rings is 1. The lowest BCUT2D eigenvalue weighted by molar-refractivity contribution is -0.123. The number of ether oxygens (including phenoxy) is 3. The number of rotatable bonds is 6. The molecule has 122 valence electrons. The molecule has 1 amide bonds. The van der Waals surface area contributed by atoms with Crippen LogP contribution in [0.1, 0.15) is 18.4 Å². The number of piperidine rings is 1. The number of amides is 1. The van der Waals surface area contributed by atoms with Crippen LogP contribution >= 0.6 is 0 Å². The second-order valence-electron chi connectivity index (χ2n) is 5.47. The lowest BCUT2D eigenvalue weighted by Crippen LogP contribution is -2.38. The summed E-state index contributed by atoms with van der Waals surface area (Å²) in [5, 5.41) is 0. The average molecular weight is 308 g/mol. The summed E-state index contributed by atoms with van der Waals surface area (Å²) in [5.41, 5.74) is 6.41. The van der Waals surface area contributed by atoms with E-state index in [-0.39, 0.29) is 11.8 Å². The van der Waals surface area contributed by atoms with E-state index in [0.717, 1.165) is 43.8 Å². The molecule has 22 heavy (non-hydrogen) atoms. The summed E-state index contributed by atoms with van der Waals surface area (Å²) in [7, 11) is 4.86. The van der Waals surface area contributed by atoms with Crippen LogP contribution in [0.2, 0.25) is 0 Å². The first-order valence-electron chi connectivity index (χ1n) is 7.39. The molecular formula is C16H24N2O4. The molecule has 0 spiro atoms. The third-order valence-electron chi connectivity index (χ3n) is 4.17. The molecule has 1 aromatic rings. The van der Waals surface area contributed by atoms with E-state index >= 15 is 0 Å². The van der Waals surface area contributed by atoms with Gasteiger partial charge >= 0.3 is 0 Å². The Labute approximate surface area is 131 Å². The second-order valence-corrected chi connectivity index (χ2v) is 5.47. The van der Waals surface area contributed by atoms with E-state index in [1.54, 1.807) is 21.3 Å². The number of likely N-dealkylation sites (tertiary alicyclic amines) is 1. The summed E-state index contributed by atoms with van der Waals surface area (Å²) < 4.78 is 16.1. The van der Waals surface area contributed by atoms with Crippen LogP contribution in [-0.2, 0) is 11.3 Å². The van der Waals surface area contributed by atoms with Gasteiger partial charge in [0.25, 0.3) is 0 Å². The largest absolute Gasteiger partial charge is 0.496 e. The van der Waals surface area contributed by atoms with Crippen molar-refractivity contribution in [3.05, 3.63) is 17.7 Å². The zero-order chi connectivity index (χ0) is 16.1. The van der Waals surface area contributed by atoms with Gasteiger partial charge in [0.2, 0.25) is 5.91 Å². The first-order chi connectivity index (χ1) is 10.6. The van der Waals surface area contributed by atoms with Gasteiger partial charge in [-0.15, -0.1) is 0 Å². The van der Waals surface area contributed by atoms with Crippen molar-refractivity contribution < 1.29 is 19.0 Å². The Bertz CT molecular complexity index is 525. The fourth-order valence-corrected chi connectivity index (χ4v) is 2.83. The molecule has 1 saturated heterocycles. The van der Waals surface area contributed by atoms with E-state index in [1.807, 2.05) is 12.1 Å². The minimum atomic E-state index is -0.191. The summed E-state index contributed by atoms with van der Waals surface area (Å²) in [4.78, 5) is 13.5. The van der Waals surface area contributed by atoms with Crippen LogP contribution in [0.3, 0.4) is 0 Å². The monoisotopic (exact) mass is 308 g/mol. The third kappa shape index (κ3) is 3.62. The number of nitrogens with zero attached hydrogens (tertiary/aromatic N) is 1. The predicted molar refractivity (Wildman–Crippen MR) is 83.3 cm³/mol. The SMILES string of the molecule is COc1cc(OC)c(OC)cc1CN1CCC(C(N)=O)CC1. The van der Waals surface area contributed by atoms with Gasteiger partial charge in [0.05, 0.1) is 21.3 Å². The number of methoxy groups -OCH3 is 3. The highest BCUT2D eigenvalue weighted by Crippen LogP contribution is 2.35. The number of primary amides is 1. The van der Waals surface area contributed by atoms with Gasteiger partial charge in [-0.3, -0.25) is 9.69 Å². The molecule has 0 radical (unpaired) electrons. The van der Waals surface area contributed by atoms with Crippen molar-refractivity contribution in [3.8, 4) is 17.2 Å². The molecule has 0 aliphatic carbocycles. The van der Waals surface area contributed by atoms with E-state index in [1.165, 1.54) is 0 Å². The molecule has 6 heteroatoms. The highest BCUT2D eigenvalue weighted by Gasteiger charge is 2.24. The topological polar surface area (TPSA) is 74.0 Å². The van der Waals surface area contributed by atoms with Gasteiger partial charge < -0.3 is 19.9 Å². The molecule has 2 N–H and O–H groups in total. The Kier molecular flexibility index (Phi) is 5.49. The summed E-state index contributed by atoms with van der Waals surface area (Å²) in [6.45, 7) is 2.45. The van der Waals surface area contributed by atoms with Crippen molar-refractivity contribution in [1.29, 1.82) is 0 Å². The first kappa shape index (κ1) is 16.4. The number of hydrogen-bond acceptors (Lipinski definition) is 5. The Morgan fingerprint density at radius 2 is 1.64 bits per heavy atom. The van der Waals surface area contributed by atoms with Crippen molar-refractivity contribution in [3.63, 3.8) is 0 Å². The predicted octanol–water partition coefficient (Wildman–Crippen LogP) is 1.41. The van der Waals surface area contributed by atoms with Gasteiger partial charge in [-0.1, -0.05) is 0 Å². The van der Waals surface area contributed by atoms with Crippen LogP contribution in [0.15, 0.2) is 12.1 Å². The molecule has 0 saturated carbocycles. The van der Waals surface area contributed by atoms with E-state index in [2.05, 4.69) is 4.90 Å². The third-order valence-corrected chi connectivity index (χ3v) is 4.17. The van der Waals surface area contributed by atoms with Crippen LogP contribution in [0.4, 0.5) is 0 Å². The Hall–Kier alpha value is -1.95. The van der Waals surface area contributed by atoms with Gasteiger partial charge in [-0.05, 0) is 32.0 Å². The smallest absolute Gasteiger partial charge is 0.220 e. The summed E-state index contributed by atoms with van der Waals surface area (Å²) in [5.74, 6) is 1.92. The number of carbonyl (C=O) groups excluding carboxylic acids is 1. The molecule has 1 fully saturated rings. The maximum Gasteiger partial charge on any atom is 0.220 e. The van der Waals surface area contributed by atoms with Crippen molar-refractivity contribution in [2.45, 2.75) is 19.4 Å². The molecule has 0 unspecified atom stereocenters. The van der Waals surface area contributed by atoms with Crippen molar-refractivity contribution in [2.75, 3.05) is 34.4 Å².